The first-order valence-electron chi connectivity index (χ1n) is 5.84. The zero-order chi connectivity index (χ0) is 14.7. The number of rotatable bonds is 4. The van der Waals surface area contributed by atoms with E-state index in [9.17, 15) is 9.18 Å². The number of aromatic nitrogens is 1. The summed E-state index contributed by atoms with van der Waals surface area (Å²) in [4.78, 5) is 12.1. The van der Waals surface area contributed by atoms with E-state index in [2.05, 4.69) is 0 Å². The van der Waals surface area contributed by atoms with E-state index in [-0.39, 0.29) is 22.7 Å². The Balaban J connectivity index is 2.38. The highest BCUT2D eigenvalue weighted by atomic mass is 32.1. The van der Waals surface area contributed by atoms with E-state index in [4.69, 9.17) is 22.7 Å². The molecule has 104 valence electrons. The van der Waals surface area contributed by atoms with Crippen molar-refractivity contribution in [3.8, 4) is 5.75 Å². The van der Waals surface area contributed by atoms with E-state index >= 15 is 0 Å². The first-order chi connectivity index (χ1) is 9.52. The van der Waals surface area contributed by atoms with Crippen LogP contribution in [0.5, 0.6) is 5.75 Å². The van der Waals surface area contributed by atoms with Crippen molar-refractivity contribution in [1.29, 1.82) is 0 Å². The van der Waals surface area contributed by atoms with Gasteiger partial charge in [-0.15, -0.1) is 0 Å². The molecule has 0 spiro atoms. The van der Waals surface area contributed by atoms with Gasteiger partial charge >= 0.3 is 0 Å². The fourth-order valence-corrected chi connectivity index (χ4v) is 1.97. The number of hydrogen-bond donors (Lipinski definition) is 1. The predicted octanol–water partition coefficient (Wildman–Crippen LogP) is 1.68. The maximum Gasteiger partial charge on any atom is 0.261 e. The molecule has 4 nitrogen and oxygen atoms in total. The van der Waals surface area contributed by atoms with Gasteiger partial charge in [-0.1, -0.05) is 18.3 Å². The lowest BCUT2D eigenvalue weighted by Gasteiger charge is -2.09. The van der Waals surface area contributed by atoms with E-state index in [1.54, 1.807) is 30.5 Å². The van der Waals surface area contributed by atoms with Gasteiger partial charge in [0.2, 0.25) is 0 Å². The van der Waals surface area contributed by atoms with Gasteiger partial charge in [0.25, 0.3) is 5.56 Å². The van der Waals surface area contributed by atoms with Crippen LogP contribution in [-0.4, -0.2) is 16.7 Å². The number of thiocarbonyl (C=S) groups is 1. The molecule has 6 heteroatoms. The van der Waals surface area contributed by atoms with Gasteiger partial charge in [-0.2, -0.15) is 0 Å². The molecule has 0 saturated heterocycles. The third-order valence-corrected chi connectivity index (χ3v) is 3.11. The maximum atomic E-state index is 13.9. The van der Waals surface area contributed by atoms with E-state index < -0.39 is 5.82 Å². The van der Waals surface area contributed by atoms with Crippen LogP contribution >= 0.6 is 12.2 Å². The highest BCUT2D eigenvalue weighted by Gasteiger charge is 2.09. The molecule has 0 fully saturated rings. The molecule has 1 aromatic heterocycles. The van der Waals surface area contributed by atoms with E-state index in [0.717, 1.165) is 0 Å². The zero-order valence-electron chi connectivity index (χ0n) is 10.8. The largest absolute Gasteiger partial charge is 0.497 e. The van der Waals surface area contributed by atoms with Crippen LogP contribution in [0.3, 0.4) is 0 Å². The lowest BCUT2D eigenvalue weighted by molar-refractivity contribution is 0.410. The molecular formula is C14H13FN2O2S. The fourth-order valence-electron chi connectivity index (χ4n) is 1.82. The molecule has 0 aliphatic carbocycles. The summed E-state index contributed by atoms with van der Waals surface area (Å²) in [5.74, 6) is -0.00698. The molecule has 0 atom stereocenters. The van der Waals surface area contributed by atoms with Gasteiger partial charge in [-0.25, -0.2) is 4.39 Å². The molecule has 0 aliphatic rings. The van der Waals surface area contributed by atoms with Gasteiger partial charge in [-0.05, 0) is 18.2 Å². The molecule has 0 saturated carbocycles. The lowest BCUT2D eigenvalue weighted by Crippen LogP contribution is -2.28. The standard InChI is InChI=1S/C14H13FN2O2S/c1-19-10-5-4-9(12(15)7-10)8-17-6-2-3-11(13(16)20)14(17)18/h2-7H,8H2,1H3,(H2,16,20). The summed E-state index contributed by atoms with van der Waals surface area (Å²) in [6.07, 6.45) is 1.56. The Morgan fingerprint density at radius 2 is 2.20 bits per heavy atom. The van der Waals surface area contributed by atoms with Crippen LogP contribution in [0, 0.1) is 5.82 Å². The van der Waals surface area contributed by atoms with Gasteiger partial charge in [0, 0.05) is 17.8 Å². The Hall–Kier alpha value is -2.21. The van der Waals surface area contributed by atoms with Crippen LogP contribution in [0.25, 0.3) is 0 Å². The first-order valence-corrected chi connectivity index (χ1v) is 6.25. The van der Waals surface area contributed by atoms with Crippen LogP contribution in [-0.2, 0) is 6.54 Å². The molecular weight excluding hydrogens is 279 g/mol. The SMILES string of the molecule is COc1ccc(Cn2cccc(C(N)=S)c2=O)c(F)c1. The van der Waals surface area contributed by atoms with Crippen molar-refractivity contribution in [3.05, 3.63) is 63.8 Å². The van der Waals surface area contributed by atoms with Crippen molar-refractivity contribution in [2.45, 2.75) is 6.54 Å². The van der Waals surface area contributed by atoms with Gasteiger partial charge in [0.15, 0.2) is 0 Å². The van der Waals surface area contributed by atoms with E-state index in [0.29, 0.717) is 11.3 Å². The quantitative estimate of drug-likeness (QED) is 0.871. The average molecular weight is 292 g/mol. The van der Waals surface area contributed by atoms with E-state index in [1.165, 1.54) is 17.7 Å². The van der Waals surface area contributed by atoms with Crippen LogP contribution in [0.2, 0.25) is 0 Å². The number of nitrogens with zero attached hydrogens (tertiary/aromatic N) is 1. The normalized spacial score (nSPS) is 10.3. The molecule has 2 rings (SSSR count). The summed E-state index contributed by atoms with van der Waals surface area (Å²) in [6.45, 7) is 0.102. The molecule has 1 heterocycles. The third kappa shape index (κ3) is 2.85. The Morgan fingerprint density at radius 3 is 2.80 bits per heavy atom. The molecule has 0 radical (unpaired) electrons. The monoisotopic (exact) mass is 292 g/mol. The molecule has 0 aliphatic heterocycles. The number of methoxy groups -OCH3 is 1. The van der Waals surface area contributed by atoms with Crippen molar-refractivity contribution >= 4 is 17.2 Å². The van der Waals surface area contributed by atoms with E-state index in [1.807, 2.05) is 0 Å². The topological polar surface area (TPSA) is 57.2 Å². The Labute approximate surface area is 120 Å². The highest BCUT2D eigenvalue weighted by molar-refractivity contribution is 7.80. The molecule has 20 heavy (non-hydrogen) atoms. The van der Waals surface area contributed by atoms with Crippen LogP contribution in [0.4, 0.5) is 4.39 Å². The summed E-state index contributed by atoms with van der Waals surface area (Å²) in [5, 5.41) is 0. The molecule has 0 unspecified atom stereocenters. The summed E-state index contributed by atoms with van der Waals surface area (Å²) < 4.78 is 20.2. The zero-order valence-corrected chi connectivity index (χ0v) is 11.6. The summed E-state index contributed by atoms with van der Waals surface area (Å²) >= 11 is 4.81. The molecule has 0 amide bonds. The van der Waals surface area contributed by atoms with Crippen molar-refractivity contribution in [3.63, 3.8) is 0 Å². The number of nitrogens with two attached hydrogens (primary N) is 1. The molecule has 0 bridgehead atoms. The number of halogens is 1. The Morgan fingerprint density at radius 1 is 1.45 bits per heavy atom. The van der Waals surface area contributed by atoms with Crippen molar-refractivity contribution in [2.75, 3.05) is 7.11 Å². The number of benzene rings is 1. The maximum absolute atomic E-state index is 13.9. The second kappa shape index (κ2) is 5.83. The smallest absolute Gasteiger partial charge is 0.261 e. The van der Waals surface area contributed by atoms with Gasteiger partial charge in [0.1, 0.15) is 16.6 Å². The van der Waals surface area contributed by atoms with Crippen LogP contribution < -0.4 is 16.0 Å². The highest BCUT2D eigenvalue weighted by Crippen LogP contribution is 2.16. The van der Waals surface area contributed by atoms with Crippen LogP contribution in [0.1, 0.15) is 11.1 Å². The summed E-state index contributed by atoms with van der Waals surface area (Å²) in [7, 11) is 1.46. The number of pyridine rings is 1. The molecule has 2 aromatic rings. The molecule has 1 aromatic carbocycles. The Bertz CT molecular complexity index is 713. The third-order valence-electron chi connectivity index (χ3n) is 2.89. The minimum atomic E-state index is -0.433. The fraction of sp³-hybridized carbons (Fsp3) is 0.143. The predicted molar refractivity (Wildman–Crippen MR) is 78.6 cm³/mol. The average Bonchev–Trinajstić information content (AvgIpc) is 2.42. The summed E-state index contributed by atoms with van der Waals surface area (Å²) in [5.41, 5.74) is 5.76. The van der Waals surface area contributed by atoms with Gasteiger partial charge < -0.3 is 15.0 Å². The van der Waals surface area contributed by atoms with Gasteiger partial charge in [-0.3, -0.25) is 4.79 Å². The van der Waals surface area contributed by atoms with Crippen molar-refractivity contribution in [2.24, 2.45) is 5.73 Å². The van der Waals surface area contributed by atoms with Gasteiger partial charge in [0.05, 0.1) is 19.2 Å². The van der Waals surface area contributed by atoms with Crippen molar-refractivity contribution in [1.82, 2.24) is 4.57 Å². The van der Waals surface area contributed by atoms with Crippen molar-refractivity contribution < 1.29 is 9.13 Å². The first kappa shape index (κ1) is 14.2. The Kier molecular flexibility index (Phi) is 4.14. The minimum absolute atomic E-state index is 0.0274. The second-order valence-electron chi connectivity index (χ2n) is 4.18. The van der Waals surface area contributed by atoms with Crippen LogP contribution in [0.15, 0.2) is 41.3 Å². The lowest BCUT2D eigenvalue weighted by atomic mass is 10.2. The summed E-state index contributed by atoms with van der Waals surface area (Å²) in [6, 6.07) is 7.69. The minimum Gasteiger partial charge on any atom is -0.497 e. The molecule has 2 N–H and O–H groups in total. The second-order valence-corrected chi connectivity index (χ2v) is 4.62. The number of ether oxygens (including phenoxy) is 1. The number of hydrogen-bond acceptors (Lipinski definition) is 3.